The van der Waals surface area contributed by atoms with Gasteiger partial charge in [-0.2, -0.15) is 0 Å². The molecule has 1 aromatic heterocycles. The van der Waals surface area contributed by atoms with E-state index in [0.717, 1.165) is 31.0 Å². The van der Waals surface area contributed by atoms with Crippen molar-refractivity contribution in [3.8, 4) is 0 Å². The van der Waals surface area contributed by atoms with Gasteiger partial charge in [-0.05, 0) is 27.3 Å². The number of nitrogens with one attached hydrogen (secondary N) is 1. The van der Waals surface area contributed by atoms with E-state index in [-0.39, 0.29) is 0 Å². The lowest BCUT2D eigenvalue weighted by Gasteiger charge is -2.27. The Labute approximate surface area is 98.1 Å². The van der Waals surface area contributed by atoms with Crippen molar-refractivity contribution in [2.24, 2.45) is 0 Å². The number of rotatable bonds is 6. The van der Waals surface area contributed by atoms with Crippen molar-refractivity contribution in [3.63, 3.8) is 0 Å². The zero-order chi connectivity index (χ0) is 12.0. The van der Waals surface area contributed by atoms with Gasteiger partial charge in [0.25, 0.3) is 0 Å². The Bertz CT molecular complexity index is 296. The molecule has 0 fully saturated rings. The highest BCUT2D eigenvalue weighted by Gasteiger charge is 2.12. The second-order valence-corrected chi connectivity index (χ2v) is 3.96. The summed E-state index contributed by atoms with van der Waals surface area (Å²) in [5.41, 5.74) is 1.12. The SMILES string of the molecule is CCC(C)N(CC)c1ncc(CNC)cn1. The molecule has 0 bridgehead atoms. The van der Waals surface area contributed by atoms with E-state index >= 15 is 0 Å². The summed E-state index contributed by atoms with van der Waals surface area (Å²) in [4.78, 5) is 11.0. The first-order valence-electron chi connectivity index (χ1n) is 5.95. The Balaban J connectivity index is 2.78. The Kier molecular flexibility index (Phi) is 5.19. The Morgan fingerprint density at radius 1 is 1.31 bits per heavy atom. The molecule has 1 atom stereocenters. The highest BCUT2D eigenvalue weighted by Crippen LogP contribution is 2.12. The third-order valence-electron chi connectivity index (χ3n) is 2.79. The number of hydrogen-bond donors (Lipinski definition) is 1. The smallest absolute Gasteiger partial charge is 0.225 e. The summed E-state index contributed by atoms with van der Waals surface area (Å²) in [6.07, 6.45) is 4.89. The molecule has 0 amide bonds. The minimum absolute atomic E-state index is 0.486. The van der Waals surface area contributed by atoms with Gasteiger partial charge in [0, 0.05) is 37.1 Å². The van der Waals surface area contributed by atoms with Crippen LogP contribution in [0.25, 0.3) is 0 Å². The van der Waals surface area contributed by atoms with Gasteiger partial charge in [-0.3, -0.25) is 0 Å². The standard InChI is InChI=1S/C12H22N4/c1-5-10(3)16(6-2)12-14-8-11(7-13-4)9-15-12/h8-10,13H,5-7H2,1-4H3. The van der Waals surface area contributed by atoms with Crippen LogP contribution in [0.1, 0.15) is 32.8 Å². The van der Waals surface area contributed by atoms with Crippen LogP contribution < -0.4 is 10.2 Å². The van der Waals surface area contributed by atoms with Crippen LogP contribution in [-0.2, 0) is 6.54 Å². The van der Waals surface area contributed by atoms with Crippen LogP contribution >= 0.6 is 0 Å². The number of hydrogen-bond acceptors (Lipinski definition) is 4. The molecular weight excluding hydrogens is 200 g/mol. The maximum atomic E-state index is 4.41. The van der Waals surface area contributed by atoms with E-state index in [1.807, 2.05) is 19.4 Å². The molecule has 0 radical (unpaired) electrons. The van der Waals surface area contributed by atoms with E-state index in [9.17, 15) is 0 Å². The van der Waals surface area contributed by atoms with Crippen molar-refractivity contribution in [2.45, 2.75) is 39.8 Å². The van der Waals surface area contributed by atoms with Gasteiger partial charge in [-0.25, -0.2) is 9.97 Å². The molecule has 0 aromatic carbocycles. The summed E-state index contributed by atoms with van der Waals surface area (Å²) < 4.78 is 0. The van der Waals surface area contributed by atoms with E-state index < -0.39 is 0 Å². The molecule has 1 rings (SSSR count). The fourth-order valence-electron chi connectivity index (χ4n) is 1.66. The fourth-order valence-corrected chi connectivity index (χ4v) is 1.66. The van der Waals surface area contributed by atoms with Crippen molar-refractivity contribution in [3.05, 3.63) is 18.0 Å². The average Bonchev–Trinajstić information content (AvgIpc) is 2.32. The maximum Gasteiger partial charge on any atom is 0.225 e. The Hall–Kier alpha value is -1.16. The molecule has 1 unspecified atom stereocenters. The summed E-state index contributed by atoms with van der Waals surface area (Å²) in [5, 5.41) is 3.09. The summed E-state index contributed by atoms with van der Waals surface area (Å²) in [7, 11) is 1.92. The van der Waals surface area contributed by atoms with E-state index in [1.165, 1.54) is 0 Å². The molecule has 0 aliphatic rings. The van der Waals surface area contributed by atoms with Gasteiger partial charge < -0.3 is 10.2 Å². The first-order chi connectivity index (χ1) is 7.72. The third-order valence-corrected chi connectivity index (χ3v) is 2.79. The molecule has 1 N–H and O–H groups in total. The summed E-state index contributed by atoms with van der Waals surface area (Å²) in [6, 6.07) is 0.486. The molecule has 16 heavy (non-hydrogen) atoms. The van der Waals surface area contributed by atoms with Gasteiger partial charge in [-0.15, -0.1) is 0 Å². The van der Waals surface area contributed by atoms with E-state index in [2.05, 4.69) is 41.0 Å². The molecule has 90 valence electrons. The zero-order valence-electron chi connectivity index (χ0n) is 10.7. The van der Waals surface area contributed by atoms with Gasteiger partial charge in [0.2, 0.25) is 5.95 Å². The third kappa shape index (κ3) is 3.17. The topological polar surface area (TPSA) is 41.1 Å². The molecule has 4 nitrogen and oxygen atoms in total. The second kappa shape index (κ2) is 6.43. The lowest BCUT2D eigenvalue weighted by atomic mass is 10.2. The predicted molar refractivity (Wildman–Crippen MR) is 67.6 cm³/mol. The number of nitrogens with zero attached hydrogens (tertiary/aromatic N) is 3. The van der Waals surface area contributed by atoms with Crippen molar-refractivity contribution >= 4 is 5.95 Å². The van der Waals surface area contributed by atoms with Gasteiger partial charge >= 0.3 is 0 Å². The summed E-state index contributed by atoms with van der Waals surface area (Å²) in [5.74, 6) is 0.830. The molecule has 0 aliphatic heterocycles. The van der Waals surface area contributed by atoms with E-state index in [1.54, 1.807) is 0 Å². The van der Waals surface area contributed by atoms with Crippen LogP contribution in [0.5, 0.6) is 0 Å². The predicted octanol–water partition coefficient (Wildman–Crippen LogP) is 1.82. The van der Waals surface area contributed by atoms with Crippen LogP contribution in [0.2, 0.25) is 0 Å². The molecule has 0 aliphatic carbocycles. The molecule has 1 heterocycles. The number of anilines is 1. The number of aromatic nitrogens is 2. The van der Waals surface area contributed by atoms with Gasteiger partial charge in [-0.1, -0.05) is 6.92 Å². The van der Waals surface area contributed by atoms with Crippen LogP contribution in [0.15, 0.2) is 12.4 Å². The summed E-state index contributed by atoms with van der Waals surface area (Å²) in [6.45, 7) is 8.28. The normalized spacial score (nSPS) is 12.5. The maximum absolute atomic E-state index is 4.41. The van der Waals surface area contributed by atoms with E-state index in [0.29, 0.717) is 6.04 Å². The monoisotopic (exact) mass is 222 g/mol. The first kappa shape index (κ1) is 12.9. The minimum Gasteiger partial charge on any atom is -0.338 e. The van der Waals surface area contributed by atoms with E-state index in [4.69, 9.17) is 0 Å². The van der Waals surface area contributed by atoms with Crippen molar-refractivity contribution in [2.75, 3.05) is 18.5 Å². The van der Waals surface area contributed by atoms with Crippen LogP contribution in [0, 0.1) is 0 Å². The van der Waals surface area contributed by atoms with Crippen LogP contribution in [0.3, 0.4) is 0 Å². The average molecular weight is 222 g/mol. The Morgan fingerprint density at radius 3 is 2.38 bits per heavy atom. The van der Waals surface area contributed by atoms with Gasteiger partial charge in [0.1, 0.15) is 0 Å². The van der Waals surface area contributed by atoms with Crippen LogP contribution in [-0.4, -0.2) is 29.6 Å². The fraction of sp³-hybridized carbons (Fsp3) is 0.667. The Morgan fingerprint density at radius 2 is 1.94 bits per heavy atom. The highest BCUT2D eigenvalue weighted by atomic mass is 15.3. The highest BCUT2D eigenvalue weighted by molar-refractivity contribution is 5.31. The van der Waals surface area contributed by atoms with Crippen molar-refractivity contribution in [1.82, 2.24) is 15.3 Å². The molecule has 1 aromatic rings. The van der Waals surface area contributed by atoms with Crippen molar-refractivity contribution < 1.29 is 0 Å². The zero-order valence-corrected chi connectivity index (χ0v) is 10.7. The first-order valence-corrected chi connectivity index (χ1v) is 5.95. The molecule has 0 saturated heterocycles. The van der Waals surface area contributed by atoms with Gasteiger partial charge in [0.15, 0.2) is 0 Å². The molecule has 4 heteroatoms. The lowest BCUT2D eigenvalue weighted by Crippen LogP contribution is -2.33. The minimum atomic E-state index is 0.486. The largest absolute Gasteiger partial charge is 0.338 e. The lowest BCUT2D eigenvalue weighted by molar-refractivity contribution is 0.613. The second-order valence-electron chi connectivity index (χ2n) is 3.96. The molecule has 0 spiro atoms. The summed E-state index contributed by atoms with van der Waals surface area (Å²) >= 11 is 0. The quantitative estimate of drug-likeness (QED) is 0.797. The molecular formula is C12H22N4. The van der Waals surface area contributed by atoms with Crippen molar-refractivity contribution in [1.29, 1.82) is 0 Å². The van der Waals surface area contributed by atoms with Crippen LogP contribution in [0.4, 0.5) is 5.95 Å². The van der Waals surface area contributed by atoms with Gasteiger partial charge in [0.05, 0.1) is 0 Å². The molecule has 0 saturated carbocycles.